The minimum Gasteiger partial charge on any atom is -0.410 e. The zero-order chi connectivity index (χ0) is 30.3. The fraction of sp³-hybridized carbons (Fsp3) is 0.833. The van der Waals surface area contributed by atoms with Crippen molar-refractivity contribution in [3.05, 3.63) is 35.5 Å². The topological polar surface area (TPSA) is 18.5 Å². The predicted octanol–water partition coefficient (Wildman–Crippen LogP) is 11.6. The van der Waals surface area contributed by atoms with Crippen LogP contribution in [0.2, 0.25) is 36.3 Å². The van der Waals surface area contributed by atoms with Gasteiger partial charge in [0.05, 0.1) is 12.2 Å². The Hall–Kier alpha value is -0.426. The van der Waals surface area contributed by atoms with Gasteiger partial charge in [0.25, 0.3) is 0 Å². The highest BCUT2D eigenvalue weighted by molar-refractivity contribution is 6.74. The molecule has 0 bridgehead atoms. The summed E-state index contributed by atoms with van der Waals surface area (Å²) in [6.45, 7) is 35.7. The lowest BCUT2D eigenvalue weighted by molar-refractivity contribution is 0.0940. The monoisotopic (exact) mass is 586 g/mol. The summed E-state index contributed by atoms with van der Waals surface area (Å²) >= 11 is 0. The molecule has 6 atom stereocenters. The highest BCUT2D eigenvalue weighted by Gasteiger charge is 2.50. The van der Waals surface area contributed by atoms with Crippen LogP contribution in [0.15, 0.2) is 35.5 Å². The van der Waals surface area contributed by atoms with Crippen molar-refractivity contribution in [1.29, 1.82) is 0 Å². The maximum absolute atomic E-state index is 7.07. The second kappa shape index (κ2) is 12.3. The Labute approximate surface area is 252 Å². The third-order valence-corrected chi connectivity index (χ3v) is 21.2. The Balaban J connectivity index is 1.91. The van der Waals surface area contributed by atoms with Gasteiger partial charge in [-0.2, -0.15) is 0 Å². The fourth-order valence-electron chi connectivity index (χ4n) is 7.56. The van der Waals surface area contributed by atoms with Gasteiger partial charge in [0, 0.05) is 0 Å². The SMILES string of the molecule is C=C1[C@H](O[Si](C)(C)C(C)(C)C)CC(=C/C=C2\CCC[C@]3(C)C([C@@H](C)CCC)CC[C@@H]23)C[C@H]1O[Si](C)(C)C(C)(C)C. The molecular weight excluding hydrogens is 521 g/mol. The average Bonchev–Trinajstić information content (AvgIpc) is 3.16. The first-order chi connectivity index (χ1) is 18.2. The molecule has 0 aliphatic heterocycles. The number of hydrogen-bond donors (Lipinski definition) is 0. The quantitative estimate of drug-likeness (QED) is 0.208. The normalized spacial score (nSPS) is 32.4. The molecule has 3 aliphatic carbocycles. The highest BCUT2D eigenvalue weighted by atomic mass is 28.4. The standard InChI is InChI=1S/C36H66O2Si2/c1-15-17-26(2)30-21-22-31-29(18-16-23-36(30,31)10)20-19-28-24-32(37-39(11,12)34(4,5)6)27(3)33(25-28)38-40(13,14)35(7,8)9/h19-20,26,30-33H,3,15-18,21-25H2,1-2,4-14H3/b29-20+/t26-,30?,31-,32+,33+,36+/m0/s1. The molecule has 3 aliphatic rings. The van der Waals surface area contributed by atoms with Crippen molar-refractivity contribution in [1.82, 2.24) is 0 Å². The van der Waals surface area contributed by atoms with Crippen molar-refractivity contribution in [2.45, 2.75) is 169 Å². The van der Waals surface area contributed by atoms with Gasteiger partial charge in [0.2, 0.25) is 0 Å². The molecule has 0 aromatic carbocycles. The molecule has 4 heteroatoms. The smallest absolute Gasteiger partial charge is 0.192 e. The Kier molecular flexibility index (Phi) is 10.5. The third kappa shape index (κ3) is 7.20. The maximum atomic E-state index is 7.07. The summed E-state index contributed by atoms with van der Waals surface area (Å²) in [7, 11) is -3.89. The van der Waals surface area contributed by atoms with E-state index in [1.165, 1.54) is 56.1 Å². The molecule has 0 spiro atoms. The van der Waals surface area contributed by atoms with Crippen molar-refractivity contribution >= 4 is 16.6 Å². The molecular formula is C36H66O2Si2. The molecule has 0 aromatic rings. The first-order valence-corrected chi connectivity index (χ1v) is 22.5. The molecule has 0 heterocycles. The zero-order valence-electron chi connectivity index (χ0n) is 28.9. The zero-order valence-corrected chi connectivity index (χ0v) is 30.9. The molecule has 40 heavy (non-hydrogen) atoms. The fourth-order valence-corrected chi connectivity index (χ4v) is 10.2. The molecule has 3 rings (SSSR count). The molecule has 0 N–H and O–H groups in total. The maximum Gasteiger partial charge on any atom is 0.192 e. The van der Waals surface area contributed by atoms with E-state index in [0.717, 1.165) is 30.6 Å². The average molecular weight is 587 g/mol. The summed E-state index contributed by atoms with van der Waals surface area (Å²) in [6.07, 6.45) is 16.6. The molecule has 230 valence electrons. The van der Waals surface area contributed by atoms with Crippen LogP contribution in [0, 0.1) is 23.2 Å². The van der Waals surface area contributed by atoms with Gasteiger partial charge in [-0.1, -0.05) is 105 Å². The summed E-state index contributed by atoms with van der Waals surface area (Å²) in [5.41, 5.74) is 4.88. The lowest BCUT2D eigenvalue weighted by atomic mass is 9.61. The summed E-state index contributed by atoms with van der Waals surface area (Å²) in [5.74, 6) is 2.50. The van der Waals surface area contributed by atoms with Crippen molar-refractivity contribution < 1.29 is 8.85 Å². The van der Waals surface area contributed by atoms with Crippen molar-refractivity contribution in [2.75, 3.05) is 0 Å². The molecule has 1 unspecified atom stereocenters. The van der Waals surface area contributed by atoms with Crippen LogP contribution in [0.4, 0.5) is 0 Å². The Morgan fingerprint density at radius 2 is 1.45 bits per heavy atom. The van der Waals surface area contributed by atoms with Gasteiger partial charge in [0.15, 0.2) is 16.6 Å². The van der Waals surface area contributed by atoms with Gasteiger partial charge >= 0.3 is 0 Å². The van der Waals surface area contributed by atoms with E-state index in [-0.39, 0.29) is 22.3 Å². The predicted molar refractivity (Wildman–Crippen MR) is 181 cm³/mol. The minimum atomic E-state index is -1.94. The summed E-state index contributed by atoms with van der Waals surface area (Å²) in [4.78, 5) is 0. The van der Waals surface area contributed by atoms with Gasteiger partial charge in [-0.05, 0) is 110 Å². The van der Waals surface area contributed by atoms with Crippen LogP contribution in [-0.2, 0) is 8.85 Å². The van der Waals surface area contributed by atoms with Gasteiger partial charge in [-0.25, -0.2) is 0 Å². The van der Waals surface area contributed by atoms with E-state index in [4.69, 9.17) is 8.85 Å². The number of hydrogen-bond acceptors (Lipinski definition) is 2. The van der Waals surface area contributed by atoms with Crippen LogP contribution in [0.25, 0.3) is 0 Å². The molecule has 3 fully saturated rings. The summed E-state index contributed by atoms with van der Waals surface area (Å²) in [6, 6.07) is 0. The number of allylic oxidation sites excluding steroid dienone is 3. The first kappa shape index (κ1) is 34.1. The van der Waals surface area contributed by atoms with Gasteiger partial charge in [-0.3, -0.25) is 0 Å². The van der Waals surface area contributed by atoms with Gasteiger partial charge < -0.3 is 8.85 Å². The van der Waals surface area contributed by atoms with Crippen molar-refractivity contribution in [3.63, 3.8) is 0 Å². The summed E-state index contributed by atoms with van der Waals surface area (Å²) in [5, 5.41) is 0.347. The van der Waals surface area contributed by atoms with E-state index in [9.17, 15) is 0 Å². The van der Waals surface area contributed by atoms with Crippen LogP contribution in [-0.4, -0.2) is 28.8 Å². The van der Waals surface area contributed by atoms with Crippen molar-refractivity contribution in [2.24, 2.45) is 23.2 Å². The summed E-state index contributed by atoms with van der Waals surface area (Å²) < 4.78 is 14.1. The third-order valence-electron chi connectivity index (χ3n) is 12.2. The second-order valence-electron chi connectivity index (χ2n) is 17.1. The molecule has 0 saturated heterocycles. The van der Waals surface area contributed by atoms with E-state index in [1.807, 2.05) is 0 Å². The minimum absolute atomic E-state index is 0.0523. The van der Waals surface area contributed by atoms with Crippen LogP contribution in [0.5, 0.6) is 0 Å². The van der Waals surface area contributed by atoms with E-state index in [1.54, 1.807) is 5.57 Å². The van der Waals surface area contributed by atoms with Crippen LogP contribution in [0.1, 0.15) is 120 Å². The highest BCUT2D eigenvalue weighted by Crippen LogP contribution is 2.60. The number of rotatable bonds is 8. The van der Waals surface area contributed by atoms with E-state index < -0.39 is 16.6 Å². The Morgan fingerprint density at radius 3 is 1.93 bits per heavy atom. The van der Waals surface area contributed by atoms with E-state index >= 15 is 0 Å². The largest absolute Gasteiger partial charge is 0.410 e. The first-order valence-electron chi connectivity index (χ1n) is 16.7. The van der Waals surface area contributed by atoms with Crippen LogP contribution in [0.3, 0.4) is 0 Å². The molecule has 0 radical (unpaired) electrons. The molecule has 2 nitrogen and oxygen atoms in total. The van der Waals surface area contributed by atoms with Gasteiger partial charge in [-0.15, -0.1) is 0 Å². The molecule has 0 aromatic heterocycles. The molecule has 0 amide bonds. The van der Waals surface area contributed by atoms with Crippen LogP contribution >= 0.6 is 0 Å². The van der Waals surface area contributed by atoms with Crippen LogP contribution < -0.4 is 0 Å². The second-order valence-corrected chi connectivity index (χ2v) is 26.7. The molecule has 3 saturated carbocycles. The Bertz CT molecular complexity index is 918. The Morgan fingerprint density at radius 1 is 0.925 bits per heavy atom. The lowest BCUT2D eigenvalue weighted by Crippen LogP contribution is -2.49. The van der Waals surface area contributed by atoms with E-state index in [0.29, 0.717) is 5.41 Å². The van der Waals surface area contributed by atoms with E-state index in [2.05, 4.69) is 107 Å². The number of fused-ring (bicyclic) bond motifs is 1. The van der Waals surface area contributed by atoms with Gasteiger partial charge in [0.1, 0.15) is 0 Å². The lowest BCUT2D eigenvalue weighted by Gasteiger charge is -2.46. The van der Waals surface area contributed by atoms with Crippen molar-refractivity contribution in [3.8, 4) is 0 Å².